The highest BCUT2D eigenvalue weighted by Gasteiger charge is 2.21. The van der Waals surface area contributed by atoms with Crippen LogP contribution in [0.5, 0.6) is 0 Å². The van der Waals surface area contributed by atoms with Gasteiger partial charge in [0, 0.05) is 11.5 Å². The van der Waals surface area contributed by atoms with Crippen LogP contribution in [0.2, 0.25) is 0 Å². The Morgan fingerprint density at radius 2 is 1.70 bits per heavy atom. The fourth-order valence-electron chi connectivity index (χ4n) is 2.91. The van der Waals surface area contributed by atoms with Crippen molar-refractivity contribution in [2.75, 3.05) is 5.32 Å². The number of benzene rings is 2. The van der Waals surface area contributed by atoms with Gasteiger partial charge in [-0.25, -0.2) is 4.68 Å². The number of hydrogen-bond donors (Lipinski definition) is 1. The van der Waals surface area contributed by atoms with Gasteiger partial charge < -0.3 is 5.32 Å². The molecule has 0 radical (unpaired) electrons. The van der Waals surface area contributed by atoms with E-state index in [2.05, 4.69) is 33.0 Å². The molecule has 0 bridgehead atoms. The maximum atomic E-state index is 12.6. The summed E-state index contributed by atoms with van der Waals surface area (Å²) in [6.07, 6.45) is 0.339. The molecule has 3 aromatic rings. The Bertz CT molecular complexity index is 946. The molecule has 27 heavy (non-hydrogen) atoms. The van der Waals surface area contributed by atoms with Gasteiger partial charge in [-0.05, 0) is 31.5 Å². The van der Waals surface area contributed by atoms with E-state index in [1.165, 1.54) is 5.56 Å². The van der Waals surface area contributed by atoms with Crippen LogP contribution in [0, 0.1) is 13.8 Å². The first-order valence-corrected chi connectivity index (χ1v) is 9.25. The predicted molar refractivity (Wildman–Crippen MR) is 111 cm³/mol. The number of hydrogen-bond acceptors (Lipinski definition) is 2. The van der Waals surface area contributed by atoms with Crippen LogP contribution in [-0.4, -0.2) is 15.7 Å². The van der Waals surface area contributed by atoms with Gasteiger partial charge in [-0.2, -0.15) is 5.10 Å². The monoisotopic (exact) mass is 361 g/mol. The van der Waals surface area contributed by atoms with Crippen LogP contribution < -0.4 is 5.32 Å². The molecular formula is C23H27N3O. The molecule has 1 N–H and O–H groups in total. The summed E-state index contributed by atoms with van der Waals surface area (Å²) in [5.41, 5.74) is 5.11. The third-order valence-electron chi connectivity index (χ3n) is 4.47. The standard InChI is InChI=1S/C23H27N3O/c1-16-9-11-19(12-10-16)26-21(15-20(25-26)23(3,4)5)24-22(27)14-18-8-6-7-17(2)13-18/h6-13,15H,14H2,1-5H3,(H,24,27). The number of aryl methyl sites for hydroxylation is 2. The summed E-state index contributed by atoms with van der Waals surface area (Å²) in [5.74, 6) is 0.649. The Balaban J connectivity index is 1.90. The largest absolute Gasteiger partial charge is 0.310 e. The lowest BCUT2D eigenvalue weighted by Gasteiger charge is -2.14. The third kappa shape index (κ3) is 4.64. The molecule has 1 amide bonds. The number of rotatable bonds is 4. The van der Waals surface area contributed by atoms with Gasteiger partial charge in [-0.1, -0.05) is 68.3 Å². The van der Waals surface area contributed by atoms with E-state index in [0.29, 0.717) is 12.2 Å². The quantitative estimate of drug-likeness (QED) is 0.713. The molecule has 0 aliphatic carbocycles. The number of anilines is 1. The Kier molecular flexibility index (Phi) is 5.17. The number of carbonyl (C=O) groups excluding carboxylic acids is 1. The van der Waals surface area contributed by atoms with Crippen molar-refractivity contribution >= 4 is 11.7 Å². The highest BCUT2D eigenvalue weighted by Crippen LogP contribution is 2.26. The molecule has 0 spiro atoms. The zero-order valence-corrected chi connectivity index (χ0v) is 16.7. The van der Waals surface area contributed by atoms with Gasteiger partial charge in [-0.3, -0.25) is 4.79 Å². The summed E-state index contributed by atoms with van der Waals surface area (Å²) in [5, 5.41) is 7.80. The van der Waals surface area contributed by atoms with Crippen LogP contribution in [0.4, 0.5) is 5.82 Å². The van der Waals surface area contributed by atoms with Gasteiger partial charge in [0.05, 0.1) is 17.8 Å². The molecule has 3 rings (SSSR count). The van der Waals surface area contributed by atoms with Crippen molar-refractivity contribution in [2.45, 2.75) is 46.5 Å². The zero-order chi connectivity index (χ0) is 19.6. The summed E-state index contributed by atoms with van der Waals surface area (Å²) in [6, 6.07) is 18.1. The summed E-state index contributed by atoms with van der Waals surface area (Å²) in [4.78, 5) is 12.6. The van der Waals surface area contributed by atoms with Crippen molar-refractivity contribution in [3.05, 3.63) is 77.0 Å². The Morgan fingerprint density at radius 1 is 1.00 bits per heavy atom. The Labute approximate surface area is 161 Å². The third-order valence-corrected chi connectivity index (χ3v) is 4.47. The highest BCUT2D eigenvalue weighted by molar-refractivity contribution is 5.91. The highest BCUT2D eigenvalue weighted by atomic mass is 16.1. The molecule has 0 saturated carbocycles. The molecular weight excluding hydrogens is 334 g/mol. The smallest absolute Gasteiger partial charge is 0.229 e. The number of nitrogens with zero attached hydrogens (tertiary/aromatic N) is 2. The van der Waals surface area contributed by atoms with Crippen molar-refractivity contribution < 1.29 is 4.79 Å². The first-order chi connectivity index (χ1) is 12.7. The second-order valence-corrected chi connectivity index (χ2v) is 8.13. The minimum absolute atomic E-state index is 0.0469. The maximum Gasteiger partial charge on any atom is 0.229 e. The summed E-state index contributed by atoms with van der Waals surface area (Å²) in [6.45, 7) is 10.4. The van der Waals surface area contributed by atoms with Gasteiger partial charge in [0.25, 0.3) is 0 Å². The molecule has 1 heterocycles. The molecule has 0 fully saturated rings. The minimum Gasteiger partial charge on any atom is -0.310 e. The number of aromatic nitrogens is 2. The molecule has 4 heteroatoms. The Hall–Kier alpha value is -2.88. The van der Waals surface area contributed by atoms with Crippen molar-refractivity contribution in [3.8, 4) is 5.69 Å². The molecule has 0 atom stereocenters. The van der Waals surface area contributed by atoms with Crippen molar-refractivity contribution in [3.63, 3.8) is 0 Å². The maximum absolute atomic E-state index is 12.6. The van der Waals surface area contributed by atoms with Crippen LogP contribution in [0.3, 0.4) is 0 Å². The lowest BCUT2D eigenvalue weighted by atomic mass is 9.92. The number of amides is 1. The number of carbonyl (C=O) groups is 1. The van der Waals surface area contributed by atoms with Gasteiger partial charge in [0.1, 0.15) is 5.82 Å². The van der Waals surface area contributed by atoms with Crippen molar-refractivity contribution in [1.29, 1.82) is 0 Å². The molecule has 0 aliphatic rings. The Morgan fingerprint density at radius 3 is 2.33 bits per heavy atom. The SMILES string of the molecule is Cc1ccc(-n2nc(C(C)(C)C)cc2NC(=O)Cc2cccc(C)c2)cc1. The van der Waals surface area contributed by atoms with Crippen LogP contribution >= 0.6 is 0 Å². The van der Waals surface area contributed by atoms with E-state index in [9.17, 15) is 4.79 Å². The summed E-state index contributed by atoms with van der Waals surface area (Å²) < 4.78 is 1.81. The summed E-state index contributed by atoms with van der Waals surface area (Å²) >= 11 is 0. The number of nitrogens with one attached hydrogen (secondary N) is 1. The molecule has 0 saturated heterocycles. The lowest BCUT2D eigenvalue weighted by molar-refractivity contribution is -0.115. The summed E-state index contributed by atoms with van der Waals surface area (Å²) in [7, 11) is 0. The van der Waals surface area contributed by atoms with E-state index in [4.69, 9.17) is 5.10 Å². The molecule has 1 aromatic heterocycles. The van der Waals surface area contributed by atoms with Gasteiger partial charge in [0.2, 0.25) is 5.91 Å². The normalized spacial score (nSPS) is 11.4. The zero-order valence-electron chi connectivity index (χ0n) is 16.7. The van der Waals surface area contributed by atoms with Gasteiger partial charge in [0.15, 0.2) is 0 Å². The molecule has 140 valence electrons. The van der Waals surface area contributed by atoms with Crippen molar-refractivity contribution in [1.82, 2.24) is 9.78 Å². The lowest BCUT2D eigenvalue weighted by Crippen LogP contribution is -2.17. The molecule has 2 aromatic carbocycles. The molecule has 0 aliphatic heterocycles. The minimum atomic E-state index is -0.105. The van der Waals surface area contributed by atoms with E-state index >= 15 is 0 Å². The van der Waals surface area contributed by atoms with E-state index < -0.39 is 0 Å². The van der Waals surface area contributed by atoms with Crippen LogP contribution in [-0.2, 0) is 16.6 Å². The first kappa shape index (κ1) is 18.9. The van der Waals surface area contributed by atoms with E-state index in [-0.39, 0.29) is 11.3 Å². The topological polar surface area (TPSA) is 46.9 Å². The first-order valence-electron chi connectivity index (χ1n) is 9.25. The fraction of sp³-hybridized carbons (Fsp3) is 0.304. The van der Waals surface area contributed by atoms with Gasteiger partial charge in [-0.15, -0.1) is 0 Å². The average molecular weight is 361 g/mol. The van der Waals surface area contributed by atoms with Gasteiger partial charge >= 0.3 is 0 Å². The van der Waals surface area contributed by atoms with Crippen LogP contribution in [0.15, 0.2) is 54.6 Å². The average Bonchev–Trinajstić information content (AvgIpc) is 2.99. The van der Waals surface area contributed by atoms with E-state index in [0.717, 1.165) is 22.5 Å². The molecule has 4 nitrogen and oxygen atoms in total. The van der Waals surface area contributed by atoms with Crippen LogP contribution in [0.25, 0.3) is 5.69 Å². The second-order valence-electron chi connectivity index (χ2n) is 8.13. The van der Waals surface area contributed by atoms with Crippen molar-refractivity contribution in [2.24, 2.45) is 0 Å². The predicted octanol–water partition coefficient (Wildman–Crippen LogP) is 4.97. The molecule has 0 unspecified atom stereocenters. The second kappa shape index (κ2) is 7.39. The van der Waals surface area contributed by atoms with Crippen LogP contribution in [0.1, 0.15) is 43.2 Å². The fourth-order valence-corrected chi connectivity index (χ4v) is 2.91. The van der Waals surface area contributed by atoms with E-state index in [1.807, 2.05) is 66.2 Å². The van der Waals surface area contributed by atoms with E-state index in [1.54, 1.807) is 0 Å².